The number of ether oxygens (including phenoxy) is 1. The zero-order chi connectivity index (χ0) is 21.0. The molecule has 0 fully saturated rings. The van der Waals surface area contributed by atoms with Crippen LogP contribution >= 0.6 is 0 Å². The molecule has 0 aliphatic rings. The maximum absolute atomic E-state index is 12.6. The zero-order valence-electron chi connectivity index (χ0n) is 16.8. The Morgan fingerprint density at radius 3 is 2.59 bits per heavy atom. The van der Waals surface area contributed by atoms with E-state index in [1.807, 2.05) is 20.8 Å². The summed E-state index contributed by atoms with van der Waals surface area (Å²) >= 11 is 0. The first-order valence-corrected chi connectivity index (χ1v) is 9.13. The highest BCUT2D eigenvalue weighted by atomic mass is 16.5. The maximum atomic E-state index is 12.6. The second kappa shape index (κ2) is 8.60. The van der Waals surface area contributed by atoms with Crippen LogP contribution in [0.2, 0.25) is 0 Å². The fourth-order valence-corrected chi connectivity index (χ4v) is 3.00. The number of hydrogen-bond donors (Lipinski definition) is 2. The van der Waals surface area contributed by atoms with E-state index in [0.29, 0.717) is 11.3 Å². The predicted octanol–water partition coefficient (Wildman–Crippen LogP) is 3.79. The third kappa shape index (κ3) is 4.45. The summed E-state index contributed by atoms with van der Waals surface area (Å²) in [6.45, 7) is 5.95. The highest BCUT2D eigenvalue weighted by Crippen LogP contribution is 2.24. The van der Waals surface area contributed by atoms with Crippen LogP contribution in [0.5, 0.6) is 5.75 Å². The molecule has 29 heavy (non-hydrogen) atoms. The van der Waals surface area contributed by atoms with Crippen molar-refractivity contribution in [1.82, 2.24) is 10.3 Å². The van der Waals surface area contributed by atoms with Crippen LogP contribution in [0.1, 0.15) is 43.3 Å². The van der Waals surface area contributed by atoms with Gasteiger partial charge in [0.2, 0.25) is 0 Å². The first-order valence-electron chi connectivity index (χ1n) is 9.13. The topological polar surface area (TPSA) is 93.5 Å². The number of hydrogen-bond acceptors (Lipinski definition) is 5. The van der Waals surface area contributed by atoms with Crippen LogP contribution in [0.15, 0.2) is 47.2 Å². The highest BCUT2D eigenvalue weighted by molar-refractivity contribution is 6.03. The molecule has 0 saturated heterocycles. The Balaban J connectivity index is 1.72. The van der Waals surface area contributed by atoms with Crippen LogP contribution in [0.25, 0.3) is 0 Å². The van der Waals surface area contributed by atoms with Gasteiger partial charge in [0.15, 0.2) is 5.76 Å². The van der Waals surface area contributed by atoms with Crippen LogP contribution in [0.4, 0.5) is 5.69 Å². The maximum Gasteiger partial charge on any atom is 0.291 e. The van der Waals surface area contributed by atoms with E-state index in [0.717, 1.165) is 28.1 Å². The fourth-order valence-electron chi connectivity index (χ4n) is 3.00. The first kappa shape index (κ1) is 20.1. The molecule has 0 saturated carbocycles. The van der Waals surface area contributed by atoms with Crippen molar-refractivity contribution in [3.8, 4) is 5.75 Å². The van der Waals surface area contributed by atoms with E-state index in [9.17, 15) is 9.59 Å². The molecule has 0 atom stereocenters. The van der Waals surface area contributed by atoms with Gasteiger partial charge in [-0.2, -0.15) is 0 Å². The van der Waals surface area contributed by atoms with Crippen molar-refractivity contribution in [2.45, 2.75) is 27.3 Å². The second-order valence-electron chi connectivity index (χ2n) is 6.69. The number of rotatable bonds is 6. The van der Waals surface area contributed by atoms with Gasteiger partial charge in [0.1, 0.15) is 5.75 Å². The Morgan fingerprint density at radius 1 is 1.10 bits per heavy atom. The largest absolute Gasteiger partial charge is 0.496 e. The molecule has 1 aromatic carbocycles. The van der Waals surface area contributed by atoms with E-state index in [-0.39, 0.29) is 24.1 Å². The number of carbonyl (C=O) groups excluding carboxylic acids is 2. The predicted molar refractivity (Wildman–Crippen MR) is 109 cm³/mol. The van der Waals surface area contributed by atoms with Gasteiger partial charge in [-0.05, 0) is 50.6 Å². The van der Waals surface area contributed by atoms with Crippen molar-refractivity contribution in [1.29, 1.82) is 0 Å². The molecule has 2 amide bonds. The minimum absolute atomic E-state index is 0.203. The monoisotopic (exact) mass is 393 g/mol. The Bertz CT molecular complexity index is 1040. The Kier molecular flexibility index (Phi) is 5.97. The van der Waals surface area contributed by atoms with E-state index in [1.165, 1.54) is 6.26 Å². The summed E-state index contributed by atoms with van der Waals surface area (Å²) in [7, 11) is 1.61. The van der Waals surface area contributed by atoms with Crippen molar-refractivity contribution in [3.05, 3.63) is 76.5 Å². The molecule has 2 aromatic heterocycles. The van der Waals surface area contributed by atoms with Gasteiger partial charge < -0.3 is 19.8 Å². The van der Waals surface area contributed by atoms with Crippen molar-refractivity contribution in [2.75, 3.05) is 12.4 Å². The molecule has 0 aliphatic carbocycles. The minimum atomic E-state index is -0.373. The third-order valence-corrected chi connectivity index (χ3v) is 4.66. The molecule has 7 heteroatoms. The molecule has 3 rings (SSSR count). The van der Waals surface area contributed by atoms with Gasteiger partial charge in [-0.1, -0.05) is 6.07 Å². The number of furan rings is 1. The van der Waals surface area contributed by atoms with Crippen molar-refractivity contribution in [2.24, 2.45) is 0 Å². The number of aromatic nitrogens is 1. The van der Waals surface area contributed by atoms with Gasteiger partial charge in [-0.3, -0.25) is 14.6 Å². The molecule has 0 unspecified atom stereocenters. The van der Waals surface area contributed by atoms with Crippen LogP contribution in [0, 0.1) is 20.8 Å². The average molecular weight is 393 g/mol. The van der Waals surface area contributed by atoms with Crippen LogP contribution in [-0.4, -0.2) is 23.9 Å². The van der Waals surface area contributed by atoms with Gasteiger partial charge in [-0.25, -0.2) is 0 Å². The lowest BCUT2D eigenvalue weighted by Gasteiger charge is -2.13. The van der Waals surface area contributed by atoms with Gasteiger partial charge >= 0.3 is 0 Å². The van der Waals surface area contributed by atoms with Crippen LogP contribution in [-0.2, 0) is 6.54 Å². The smallest absolute Gasteiger partial charge is 0.291 e. The zero-order valence-corrected chi connectivity index (χ0v) is 16.8. The molecular weight excluding hydrogens is 370 g/mol. The summed E-state index contributed by atoms with van der Waals surface area (Å²) in [5.41, 5.74) is 4.38. The summed E-state index contributed by atoms with van der Waals surface area (Å²) < 4.78 is 10.5. The van der Waals surface area contributed by atoms with Gasteiger partial charge in [0, 0.05) is 28.6 Å². The Hall–Kier alpha value is -3.61. The lowest BCUT2D eigenvalue weighted by molar-refractivity contribution is 0.0948. The molecule has 2 heterocycles. The summed E-state index contributed by atoms with van der Waals surface area (Å²) in [5, 5.41) is 5.64. The van der Waals surface area contributed by atoms with E-state index in [4.69, 9.17) is 9.15 Å². The second-order valence-corrected chi connectivity index (χ2v) is 6.69. The summed E-state index contributed by atoms with van der Waals surface area (Å²) in [4.78, 5) is 29.2. The lowest BCUT2D eigenvalue weighted by atomic mass is 10.1. The Morgan fingerprint density at radius 2 is 1.90 bits per heavy atom. The van der Waals surface area contributed by atoms with Gasteiger partial charge in [0.05, 0.1) is 25.6 Å². The molecule has 0 bridgehead atoms. The molecular formula is C22H23N3O4. The number of pyridine rings is 1. The average Bonchev–Trinajstić information content (AvgIpc) is 3.24. The first-order chi connectivity index (χ1) is 13.9. The number of nitrogens with zero attached hydrogens (tertiary/aromatic N) is 1. The molecule has 0 spiro atoms. The van der Waals surface area contributed by atoms with E-state index in [2.05, 4.69) is 15.6 Å². The number of carbonyl (C=O) groups is 2. The number of nitrogens with one attached hydrogen (secondary N) is 2. The fraction of sp³-hybridized carbons (Fsp3) is 0.227. The third-order valence-electron chi connectivity index (χ3n) is 4.66. The van der Waals surface area contributed by atoms with E-state index >= 15 is 0 Å². The SMILES string of the molecule is COc1c(C)cnc(CNC(=O)c2ccc(C)c(NC(=O)c3ccco3)c2)c1C. The van der Waals surface area contributed by atoms with Gasteiger partial charge in [-0.15, -0.1) is 0 Å². The Labute approximate surface area is 169 Å². The summed E-state index contributed by atoms with van der Waals surface area (Å²) in [5.74, 6) is 0.332. The number of amides is 2. The van der Waals surface area contributed by atoms with E-state index in [1.54, 1.807) is 43.6 Å². The van der Waals surface area contributed by atoms with Crippen molar-refractivity contribution in [3.63, 3.8) is 0 Å². The normalized spacial score (nSPS) is 10.5. The number of anilines is 1. The molecule has 2 N–H and O–H groups in total. The summed E-state index contributed by atoms with van der Waals surface area (Å²) in [6, 6.07) is 8.35. The lowest BCUT2D eigenvalue weighted by Crippen LogP contribution is -2.24. The molecule has 7 nitrogen and oxygen atoms in total. The quantitative estimate of drug-likeness (QED) is 0.665. The van der Waals surface area contributed by atoms with E-state index < -0.39 is 0 Å². The van der Waals surface area contributed by atoms with Crippen molar-refractivity contribution < 1.29 is 18.7 Å². The number of aryl methyl sites for hydroxylation is 2. The van der Waals surface area contributed by atoms with Gasteiger partial charge in [0.25, 0.3) is 11.8 Å². The molecule has 3 aromatic rings. The van der Waals surface area contributed by atoms with Crippen LogP contribution < -0.4 is 15.4 Å². The molecule has 150 valence electrons. The summed E-state index contributed by atoms with van der Waals surface area (Å²) in [6.07, 6.45) is 3.16. The molecule has 0 radical (unpaired) electrons. The number of methoxy groups -OCH3 is 1. The number of benzene rings is 1. The minimum Gasteiger partial charge on any atom is -0.496 e. The van der Waals surface area contributed by atoms with Crippen LogP contribution in [0.3, 0.4) is 0 Å². The van der Waals surface area contributed by atoms with Crippen molar-refractivity contribution >= 4 is 17.5 Å². The molecule has 0 aliphatic heterocycles. The highest BCUT2D eigenvalue weighted by Gasteiger charge is 2.14. The standard InChI is InChI=1S/C22H23N3O4/c1-13-7-8-16(10-17(13)25-22(27)19-6-5-9-29-19)21(26)24-12-18-15(3)20(28-4)14(2)11-23-18/h5-11H,12H2,1-4H3,(H,24,26)(H,25,27).